The predicted octanol–water partition coefficient (Wildman–Crippen LogP) is 3.46. The van der Waals surface area contributed by atoms with Gasteiger partial charge in [0.05, 0.1) is 23.8 Å². The van der Waals surface area contributed by atoms with Gasteiger partial charge in [0, 0.05) is 23.6 Å². The second-order valence-corrected chi connectivity index (χ2v) is 8.63. The van der Waals surface area contributed by atoms with Crippen molar-refractivity contribution >= 4 is 29.2 Å². The molecule has 0 aliphatic carbocycles. The lowest BCUT2D eigenvalue weighted by atomic mass is 9.87. The molecule has 2 N–H and O–H groups in total. The number of hydrogen-bond acceptors (Lipinski definition) is 7. The number of methoxy groups -OCH3 is 1. The summed E-state index contributed by atoms with van der Waals surface area (Å²) < 4.78 is 4.55. The third kappa shape index (κ3) is 8.46. The lowest BCUT2D eigenvalue weighted by molar-refractivity contribution is -0.134. The van der Waals surface area contributed by atoms with Crippen LogP contribution < -0.4 is 0 Å². The Hall–Kier alpha value is -1.83. The number of aromatic nitrogens is 1. The number of rotatable bonds is 11. The van der Waals surface area contributed by atoms with E-state index in [4.69, 9.17) is 0 Å². The molecule has 6 nitrogen and oxygen atoms in total. The summed E-state index contributed by atoms with van der Waals surface area (Å²) in [5, 5.41) is 21.8. The molecule has 28 heavy (non-hydrogen) atoms. The molecule has 0 spiro atoms. The number of carbonyl (C=O) groups is 2. The monoisotopic (exact) mass is 409 g/mol. The number of thiazole rings is 1. The average molecular weight is 410 g/mol. The van der Waals surface area contributed by atoms with Gasteiger partial charge in [-0.2, -0.15) is 0 Å². The summed E-state index contributed by atoms with van der Waals surface area (Å²) in [5.74, 6) is -0.459. The molecule has 3 atom stereocenters. The number of aliphatic hydroxyl groups is 2. The van der Waals surface area contributed by atoms with E-state index in [2.05, 4.69) is 9.72 Å². The van der Waals surface area contributed by atoms with E-state index in [1.807, 2.05) is 13.8 Å². The summed E-state index contributed by atoms with van der Waals surface area (Å²) in [7, 11) is 1.33. The van der Waals surface area contributed by atoms with Crippen LogP contribution in [0.25, 0.3) is 6.08 Å². The third-order valence-electron chi connectivity index (χ3n) is 4.64. The highest BCUT2D eigenvalue weighted by Gasteiger charge is 2.31. The number of aliphatic hydroxyl groups excluding tert-OH is 1. The lowest BCUT2D eigenvalue weighted by Gasteiger charge is -2.29. The predicted molar refractivity (Wildman–Crippen MR) is 111 cm³/mol. The third-order valence-corrected chi connectivity index (χ3v) is 5.50. The van der Waals surface area contributed by atoms with Crippen LogP contribution in [0.2, 0.25) is 0 Å². The molecule has 0 unspecified atom stereocenters. The molecule has 1 aromatic rings. The SMILES string of the molecule is COC(=O)/C=C/[C@@H](C)CCC[C@@](C)(O)[C@H](O)CC(=O)/C(C)=C/c1cnc(C)s1. The smallest absolute Gasteiger partial charge is 0.330 e. The number of ketones is 1. The van der Waals surface area contributed by atoms with Gasteiger partial charge in [-0.05, 0) is 57.6 Å². The molecule has 0 saturated heterocycles. The fourth-order valence-corrected chi connectivity index (χ4v) is 3.44. The minimum absolute atomic E-state index is 0.134. The van der Waals surface area contributed by atoms with Gasteiger partial charge in [0.2, 0.25) is 0 Å². The van der Waals surface area contributed by atoms with E-state index < -0.39 is 17.7 Å². The highest BCUT2D eigenvalue weighted by Crippen LogP contribution is 2.24. The highest BCUT2D eigenvalue weighted by atomic mass is 32.1. The van der Waals surface area contributed by atoms with Gasteiger partial charge in [-0.15, -0.1) is 11.3 Å². The normalized spacial score (nSPS) is 16.6. The quantitative estimate of drug-likeness (QED) is 0.429. The largest absolute Gasteiger partial charge is 0.466 e. The Morgan fingerprint density at radius 3 is 2.68 bits per heavy atom. The standard InChI is InChI=1S/C21H31NO5S/c1-14(8-9-20(25)27-5)7-6-10-21(4,26)19(24)12-18(23)15(2)11-17-13-22-16(3)28-17/h8-9,11,13-14,19,24,26H,6-7,10,12H2,1-5H3/b9-8+,15-11+/t14-,19+,21+/m0/s1. The minimum atomic E-state index is -1.36. The first-order chi connectivity index (χ1) is 13.0. The van der Waals surface area contributed by atoms with Crippen LogP contribution in [0.4, 0.5) is 0 Å². The molecule has 7 heteroatoms. The van der Waals surface area contributed by atoms with Gasteiger partial charge < -0.3 is 14.9 Å². The van der Waals surface area contributed by atoms with Crippen molar-refractivity contribution in [3.8, 4) is 0 Å². The van der Waals surface area contributed by atoms with Crippen molar-refractivity contribution in [3.05, 3.63) is 33.8 Å². The van der Waals surface area contributed by atoms with E-state index in [1.165, 1.54) is 24.5 Å². The number of esters is 1. The zero-order chi connectivity index (χ0) is 21.3. The number of hydrogen-bond donors (Lipinski definition) is 2. The summed E-state index contributed by atoms with van der Waals surface area (Å²) in [6.45, 7) is 7.11. The molecule has 1 heterocycles. The Balaban J connectivity index is 2.51. The summed E-state index contributed by atoms with van der Waals surface area (Å²) in [6.07, 6.45) is 7.08. The molecular weight excluding hydrogens is 378 g/mol. The number of aryl methyl sites for hydroxylation is 1. The molecule has 0 aliphatic rings. The van der Waals surface area contributed by atoms with Crippen molar-refractivity contribution in [2.24, 2.45) is 5.92 Å². The molecule has 0 aromatic carbocycles. The molecule has 1 rings (SSSR count). The second-order valence-electron chi connectivity index (χ2n) is 7.36. The summed E-state index contributed by atoms with van der Waals surface area (Å²) in [5.41, 5.74) is -0.830. The maximum atomic E-state index is 12.4. The van der Waals surface area contributed by atoms with Crippen molar-refractivity contribution < 1.29 is 24.5 Å². The van der Waals surface area contributed by atoms with E-state index in [0.29, 0.717) is 18.4 Å². The van der Waals surface area contributed by atoms with Gasteiger partial charge in [-0.3, -0.25) is 4.79 Å². The van der Waals surface area contributed by atoms with Crippen molar-refractivity contribution in [1.82, 2.24) is 4.98 Å². The summed E-state index contributed by atoms with van der Waals surface area (Å²) in [6, 6.07) is 0. The van der Waals surface area contributed by atoms with E-state index in [0.717, 1.165) is 16.3 Å². The molecule has 0 radical (unpaired) electrons. The van der Waals surface area contributed by atoms with Crippen LogP contribution in [0.1, 0.15) is 56.3 Å². The van der Waals surface area contributed by atoms with Gasteiger partial charge in [0.15, 0.2) is 5.78 Å². The van der Waals surface area contributed by atoms with E-state index >= 15 is 0 Å². The maximum absolute atomic E-state index is 12.4. The number of Topliss-reactive ketones (excluding diaryl/α,β-unsaturated/α-hetero) is 1. The molecule has 0 saturated carbocycles. The number of carbonyl (C=O) groups excluding carboxylic acids is 2. The number of allylic oxidation sites excluding steroid dienone is 2. The van der Waals surface area contributed by atoms with Crippen LogP contribution in [0.3, 0.4) is 0 Å². The molecule has 156 valence electrons. The van der Waals surface area contributed by atoms with Crippen LogP contribution in [0, 0.1) is 12.8 Å². The lowest BCUT2D eigenvalue weighted by Crippen LogP contribution is -2.40. The Morgan fingerprint density at radius 1 is 1.43 bits per heavy atom. The molecule has 0 aliphatic heterocycles. The van der Waals surface area contributed by atoms with Gasteiger partial charge >= 0.3 is 5.97 Å². The Bertz CT molecular complexity index is 720. The zero-order valence-corrected chi connectivity index (χ0v) is 18.1. The summed E-state index contributed by atoms with van der Waals surface area (Å²) in [4.78, 5) is 28.5. The van der Waals surface area contributed by atoms with Crippen molar-refractivity contribution in [3.63, 3.8) is 0 Å². The molecule has 1 aromatic heterocycles. The van der Waals surface area contributed by atoms with Crippen LogP contribution in [-0.4, -0.2) is 45.8 Å². The van der Waals surface area contributed by atoms with Gasteiger partial charge in [-0.1, -0.05) is 13.0 Å². The van der Waals surface area contributed by atoms with E-state index in [9.17, 15) is 19.8 Å². The summed E-state index contributed by atoms with van der Waals surface area (Å²) >= 11 is 1.49. The first-order valence-electron chi connectivity index (χ1n) is 9.35. The molecule has 0 bridgehead atoms. The Morgan fingerprint density at radius 2 is 2.11 bits per heavy atom. The molecule has 0 fully saturated rings. The van der Waals surface area contributed by atoms with E-state index in [1.54, 1.807) is 32.2 Å². The van der Waals surface area contributed by atoms with Crippen molar-refractivity contribution in [1.29, 1.82) is 0 Å². The first-order valence-corrected chi connectivity index (χ1v) is 10.2. The number of ether oxygens (including phenoxy) is 1. The average Bonchev–Trinajstić information content (AvgIpc) is 3.03. The second kappa shape index (κ2) is 11.2. The van der Waals surface area contributed by atoms with Crippen molar-refractivity contribution in [2.75, 3.05) is 7.11 Å². The van der Waals surface area contributed by atoms with Crippen molar-refractivity contribution in [2.45, 2.75) is 65.1 Å². The van der Waals surface area contributed by atoms with E-state index in [-0.39, 0.29) is 18.1 Å². The Kier molecular flexibility index (Phi) is 9.72. The minimum Gasteiger partial charge on any atom is -0.466 e. The fraction of sp³-hybridized carbons (Fsp3) is 0.571. The van der Waals surface area contributed by atoms with Gasteiger partial charge in [0.25, 0.3) is 0 Å². The highest BCUT2D eigenvalue weighted by molar-refractivity contribution is 7.12. The maximum Gasteiger partial charge on any atom is 0.330 e. The van der Waals surface area contributed by atoms with Crippen LogP contribution >= 0.6 is 11.3 Å². The van der Waals surface area contributed by atoms with Gasteiger partial charge in [0.1, 0.15) is 0 Å². The number of nitrogens with zero attached hydrogens (tertiary/aromatic N) is 1. The zero-order valence-electron chi connectivity index (χ0n) is 17.3. The van der Waals surface area contributed by atoms with Crippen LogP contribution in [-0.2, 0) is 14.3 Å². The Labute approximate surface area is 171 Å². The molecular formula is C21H31NO5S. The first kappa shape index (κ1) is 24.2. The van der Waals surface area contributed by atoms with Crippen LogP contribution in [0.15, 0.2) is 23.9 Å². The molecule has 0 amide bonds. The van der Waals surface area contributed by atoms with Gasteiger partial charge in [-0.25, -0.2) is 9.78 Å². The van der Waals surface area contributed by atoms with Crippen LogP contribution in [0.5, 0.6) is 0 Å². The fourth-order valence-electron chi connectivity index (χ4n) is 2.65. The topological polar surface area (TPSA) is 96.7 Å².